The number of furan rings is 1. The fraction of sp³-hybridized carbons (Fsp3) is 0. The van der Waals surface area contributed by atoms with E-state index in [1.807, 2.05) is 6.07 Å². The first-order chi connectivity index (χ1) is 6.45. The fourth-order valence-corrected chi connectivity index (χ4v) is 1.36. The lowest BCUT2D eigenvalue weighted by Gasteiger charge is -1.83. The molecule has 0 N–H and O–H groups in total. The second-order valence-corrected chi connectivity index (χ2v) is 2.72. The summed E-state index contributed by atoms with van der Waals surface area (Å²) in [6.07, 6.45) is 5.00. The fourth-order valence-electron chi connectivity index (χ4n) is 1.36. The van der Waals surface area contributed by atoms with Crippen molar-refractivity contribution in [1.82, 2.24) is 15.2 Å². The summed E-state index contributed by atoms with van der Waals surface area (Å²) in [6.45, 7) is 0. The van der Waals surface area contributed by atoms with E-state index in [0.717, 1.165) is 22.1 Å². The number of fused-ring (bicyclic) bond motifs is 3. The topological polar surface area (TPSA) is 51.8 Å². The van der Waals surface area contributed by atoms with Crippen LogP contribution in [0.3, 0.4) is 0 Å². The standard InChI is InChI=1S/C9H5N3O/c1-3-10-5-8-6(1)9-7(13-8)2-4-11-12-9/h1-5H. The Morgan fingerprint density at radius 1 is 1.08 bits per heavy atom. The van der Waals surface area contributed by atoms with Crippen molar-refractivity contribution in [2.24, 2.45) is 0 Å². The van der Waals surface area contributed by atoms with Gasteiger partial charge in [0.25, 0.3) is 0 Å². The van der Waals surface area contributed by atoms with E-state index in [1.54, 1.807) is 24.7 Å². The van der Waals surface area contributed by atoms with E-state index in [1.165, 1.54) is 0 Å². The Labute approximate surface area is 73.2 Å². The lowest BCUT2D eigenvalue weighted by Crippen LogP contribution is -1.77. The summed E-state index contributed by atoms with van der Waals surface area (Å²) in [5.74, 6) is 0. The molecular formula is C9H5N3O. The molecule has 0 saturated heterocycles. The molecule has 3 aromatic rings. The van der Waals surface area contributed by atoms with Gasteiger partial charge < -0.3 is 4.42 Å². The number of hydrogen-bond acceptors (Lipinski definition) is 4. The molecule has 0 atom stereocenters. The van der Waals surface area contributed by atoms with Crippen LogP contribution in [0.2, 0.25) is 0 Å². The first-order valence-corrected chi connectivity index (χ1v) is 3.89. The molecule has 0 aromatic carbocycles. The largest absolute Gasteiger partial charge is 0.453 e. The molecule has 0 radical (unpaired) electrons. The van der Waals surface area contributed by atoms with Crippen molar-refractivity contribution in [3.05, 3.63) is 30.7 Å². The van der Waals surface area contributed by atoms with E-state index in [4.69, 9.17) is 4.42 Å². The molecule has 3 heterocycles. The molecule has 0 spiro atoms. The minimum Gasteiger partial charge on any atom is -0.453 e. The number of hydrogen-bond donors (Lipinski definition) is 0. The third kappa shape index (κ3) is 0.823. The Bertz CT molecular complexity index is 523. The van der Waals surface area contributed by atoms with E-state index in [2.05, 4.69) is 15.2 Å². The smallest absolute Gasteiger partial charge is 0.157 e. The predicted molar refractivity (Wildman–Crippen MR) is 47.1 cm³/mol. The van der Waals surface area contributed by atoms with Crippen LogP contribution in [0.15, 0.2) is 35.1 Å². The zero-order valence-electron chi connectivity index (χ0n) is 6.64. The quantitative estimate of drug-likeness (QED) is 0.517. The highest BCUT2D eigenvalue weighted by molar-refractivity contribution is 6.01. The molecule has 0 aliphatic heterocycles. The lowest BCUT2D eigenvalue weighted by atomic mass is 10.3. The van der Waals surface area contributed by atoms with Crippen LogP contribution in [0.25, 0.3) is 22.1 Å². The molecule has 13 heavy (non-hydrogen) atoms. The summed E-state index contributed by atoms with van der Waals surface area (Å²) >= 11 is 0. The molecule has 0 aliphatic rings. The second-order valence-electron chi connectivity index (χ2n) is 2.72. The lowest BCUT2D eigenvalue weighted by molar-refractivity contribution is 0.665. The number of aromatic nitrogens is 3. The zero-order valence-corrected chi connectivity index (χ0v) is 6.64. The molecule has 0 saturated carbocycles. The van der Waals surface area contributed by atoms with Gasteiger partial charge in [-0.25, -0.2) is 0 Å². The van der Waals surface area contributed by atoms with Gasteiger partial charge in [0.05, 0.1) is 17.8 Å². The van der Waals surface area contributed by atoms with Crippen LogP contribution in [0.1, 0.15) is 0 Å². The molecule has 4 nitrogen and oxygen atoms in total. The van der Waals surface area contributed by atoms with Gasteiger partial charge in [-0.15, -0.1) is 5.10 Å². The van der Waals surface area contributed by atoms with Crippen LogP contribution >= 0.6 is 0 Å². The van der Waals surface area contributed by atoms with Crippen molar-refractivity contribution in [1.29, 1.82) is 0 Å². The predicted octanol–water partition coefficient (Wildman–Crippen LogP) is 1.77. The average molecular weight is 171 g/mol. The van der Waals surface area contributed by atoms with Crippen molar-refractivity contribution in [3.8, 4) is 0 Å². The van der Waals surface area contributed by atoms with E-state index in [-0.39, 0.29) is 0 Å². The number of nitrogens with zero attached hydrogens (tertiary/aromatic N) is 3. The minimum atomic E-state index is 0.748. The third-order valence-corrected chi connectivity index (χ3v) is 1.94. The maximum Gasteiger partial charge on any atom is 0.157 e. The summed E-state index contributed by atoms with van der Waals surface area (Å²) in [5, 5.41) is 8.76. The van der Waals surface area contributed by atoms with E-state index in [9.17, 15) is 0 Å². The summed E-state index contributed by atoms with van der Waals surface area (Å²) in [5.41, 5.74) is 2.29. The van der Waals surface area contributed by atoms with E-state index < -0.39 is 0 Å². The molecular weight excluding hydrogens is 166 g/mol. The Morgan fingerprint density at radius 3 is 3.08 bits per heavy atom. The molecule has 4 heteroatoms. The maximum atomic E-state index is 5.49. The minimum absolute atomic E-state index is 0.748. The third-order valence-electron chi connectivity index (χ3n) is 1.94. The van der Waals surface area contributed by atoms with Gasteiger partial charge in [0.2, 0.25) is 0 Å². The highest BCUT2D eigenvalue weighted by atomic mass is 16.3. The summed E-state index contributed by atoms with van der Waals surface area (Å²) < 4.78 is 5.49. The molecule has 62 valence electrons. The van der Waals surface area contributed by atoms with Crippen molar-refractivity contribution in [3.63, 3.8) is 0 Å². The van der Waals surface area contributed by atoms with Crippen molar-refractivity contribution < 1.29 is 4.42 Å². The first-order valence-electron chi connectivity index (χ1n) is 3.89. The van der Waals surface area contributed by atoms with Crippen LogP contribution in [0.4, 0.5) is 0 Å². The normalized spacial score (nSPS) is 11.1. The van der Waals surface area contributed by atoms with Crippen LogP contribution in [0.5, 0.6) is 0 Å². The second kappa shape index (κ2) is 2.26. The molecule has 0 fully saturated rings. The van der Waals surface area contributed by atoms with E-state index in [0.29, 0.717) is 0 Å². The van der Waals surface area contributed by atoms with Gasteiger partial charge in [-0.3, -0.25) is 4.98 Å². The Hall–Kier alpha value is -1.97. The van der Waals surface area contributed by atoms with Crippen molar-refractivity contribution in [2.45, 2.75) is 0 Å². The van der Waals surface area contributed by atoms with Gasteiger partial charge in [-0.1, -0.05) is 0 Å². The molecule has 3 aromatic heterocycles. The van der Waals surface area contributed by atoms with Crippen molar-refractivity contribution in [2.75, 3.05) is 0 Å². The number of rotatable bonds is 0. The van der Waals surface area contributed by atoms with Crippen LogP contribution in [0, 0.1) is 0 Å². The number of pyridine rings is 1. The summed E-state index contributed by atoms with van der Waals surface area (Å²) in [4.78, 5) is 3.97. The van der Waals surface area contributed by atoms with Crippen LogP contribution in [-0.4, -0.2) is 15.2 Å². The highest BCUT2D eigenvalue weighted by Gasteiger charge is 2.06. The van der Waals surface area contributed by atoms with Gasteiger partial charge >= 0.3 is 0 Å². The summed E-state index contributed by atoms with van der Waals surface area (Å²) in [6, 6.07) is 3.66. The average Bonchev–Trinajstić information content (AvgIpc) is 2.56. The highest BCUT2D eigenvalue weighted by Crippen LogP contribution is 2.24. The molecule has 0 unspecified atom stereocenters. The van der Waals surface area contributed by atoms with E-state index >= 15 is 0 Å². The Morgan fingerprint density at radius 2 is 2.08 bits per heavy atom. The molecule has 3 rings (SSSR count). The van der Waals surface area contributed by atoms with Crippen LogP contribution in [-0.2, 0) is 0 Å². The van der Waals surface area contributed by atoms with Gasteiger partial charge in [0, 0.05) is 12.3 Å². The van der Waals surface area contributed by atoms with Gasteiger partial charge in [0.1, 0.15) is 5.52 Å². The molecule has 0 amide bonds. The zero-order chi connectivity index (χ0) is 8.67. The Kier molecular flexibility index (Phi) is 1.14. The van der Waals surface area contributed by atoms with Crippen molar-refractivity contribution >= 4 is 22.1 Å². The van der Waals surface area contributed by atoms with Gasteiger partial charge in [0.15, 0.2) is 11.2 Å². The van der Waals surface area contributed by atoms with Crippen LogP contribution < -0.4 is 0 Å². The summed E-state index contributed by atoms with van der Waals surface area (Å²) in [7, 11) is 0. The Balaban J connectivity index is 2.64. The molecule has 0 aliphatic carbocycles. The molecule has 0 bridgehead atoms. The SMILES string of the molecule is c1cc2c(cn1)oc1ccnnc12. The van der Waals surface area contributed by atoms with Gasteiger partial charge in [-0.05, 0) is 6.07 Å². The van der Waals surface area contributed by atoms with Gasteiger partial charge in [-0.2, -0.15) is 5.10 Å². The maximum absolute atomic E-state index is 5.49. The first kappa shape index (κ1) is 6.54. The monoisotopic (exact) mass is 171 g/mol.